The molecule has 0 saturated heterocycles. The fourth-order valence-electron chi connectivity index (χ4n) is 1.18. The van der Waals surface area contributed by atoms with Crippen molar-refractivity contribution < 1.29 is 32.3 Å². The third-order valence-electron chi connectivity index (χ3n) is 1.93. The lowest BCUT2D eigenvalue weighted by Crippen LogP contribution is -2.32. The number of hydroxylamine groups is 1. The first-order valence-corrected chi connectivity index (χ1v) is 5.74. The van der Waals surface area contributed by atoms with E-state index in [1.165, 1.54) is 0 Å². The van der Waals surface area contributed by atoms with Gasteiger partial charge in [-0.2, -0.15) is 13.2 Å². The molecule has 0 fully saturated rings. The average molecular weight is 293 g/mol. The van der Waals surface area contributed by atoms with E-state index in [0.29, 0.717) is 18.1 Å². The molecule has 5 nitrogen and oxygen atoms in total. The first-order chi connectivity index (χ1) is 9.40. The van der Waals surface area contributed by atoms with Crippen molar-refractivity contribution >= 4 is 5.91 Å². The van der Waals surface area contributed by atoms with Crippen molar-refractivity contribution in [2.75, 3.05) is 19.8 Å². The fraction of sp³-hybridized carbons (Fsp3) is 0.417. The number of halogens is 3. The summed E-state index contributed by atoms with van der Waals surface area (Å²) in [5, 5.41) is 0. The van der Waals surface area contributed by atoms with Gasteiger partial charge < -0.3 is 9.47 Å². The van der Waals surface area contributed by atoms with Gasteiger partial charge in [0.1, 0.15) is 11.5 Å². The quantitative estimate of drug-likeness (QED) is 0.782. The summed E-state index contributed by atoms with van der Waals surface area (Å²) in [4.78, 5) is 15.1. The van der Waals surface area contributed by atoms with Crippen LogP contribution < -0.4 is 15.0 Å². The Labute approximate surface area is 113 Å². The van der Waals surface area contributed by atoms with Crippen LogP contribution in [0.25, 0.3) is 0 Å². The molecule has 0 spiro atoms. The maximum absolute atomic E-state index is 11.7. The highest BCUT2D eigenvalue weighted by Gasteiger charge is 2.28. The molecule has 0 atom stereocenters. The average Bonchev–Trinajstić information content (AvgIpc) is 2.37. The van der Waals surface area contributed by atoms with Crippen LogP contribution >= 0.6 is 0 Å². The van der Waals surface area contributed by atoms with Gasteiger partial charge in [-0.25, -0.2) is 5.48 Å². The topological polar surface area (TPSA) is 56.8 Å². The van der Waals surface area contributed by atoms with E-state index in [1.54, 1.807) is 29.7 Å². The van der Waals surface area contributed by atoms with Crippen LogP contribution in [-0.4, -0.2) is 31.9 Å². The summed E-state index contributed by atoms with van der Waals surface area (Å²) in [7, 11) is 0. The number of carbonyl (C=O) groups excluding carboxylic acids is 1. The second-order valence-electron chi connectivity index (χ2n) is 3.62. The third-order valence-corrected chi connectivity index (χ3v) is 1.93. The summed E-state index contributed by atoms with van der Waals surface area (Å²) >= 11 is 0. The second-order valence-corrected chi connectivity index (χ2v) is 3.62. The molecular weight excluding hydrogens is 279 g/mol. The van der Waals surface area contributed by atoms with E-state index in [-0.39, 0.29) is 0 Å². The molecule has 1 aromatic carbocycles. The van der Waals surface area contributed by atoms with Crippen molar-refractivity contribution in [2.24, 2.45) is 0 Å². The van der Waals surface area contributed by atoms with Gasteiger partial charge in [-0.05, 0) is 31.2 Å². The maximum Gasteiger partial charge on any atom is 0.414 e. The van der Waals surface area contributed by atoms with Gasteiger partial charge in [0.15, 0.2) is 13.2 Å². The van der Waals surface area contributed by atoms with Crippen molar-refractivity contribution in [1.29, 1.82) is 0 Å². The molecule has 1 N–H and O–H groups in total. The van der Waals surface area contributed by atoms with E-state index >= 15 is 0 Å². The number of ether oxygens (including phenoxy) is 2. The summed E-state index contributed by atoms with van der Waals surface area (Å²) in [6.07, 6.45) is -4.50. The van der Waals surface area contributed by atoms with Gasteiger partial charge in [-0.15, -0.1) is 0 Å². The van der Waals surface area contributed by atoms with Crippen LogP contribution in [-0.2, 0) is 9.63 Å². The molecule has 112 valence electrons. The minimum Gasteiger partial charge on any atom is -0.494 e. The first-order valence-electron chi connectivity index (χ1n) is 5.74. The van der Waals surface area contributed by atoms with Crippen LogP contribution in [0.4, 0.5) is 13.2 Å². The van der Waals surface area contributed by atoms with Crippen molar-refractivity contribution in [3.05, 3.63) is 24.3 Å². The molecule has 0 heterocycles. The largest absolute Gasteiger partial charge is 0.494 e. The molecule has 0 aliphatic rings. The molecule has 0 unspecified atom stereocenters. The molecule has 0 saturated carbocycles. The first kappa shape index (κ1) is 16.1. The van der Waals surface area contributed by atoms with Gasteiger partial charge in [0.05, 0.1) is 6.61 Å². The predicted octanol–water partition coefficient (Wildman–Crippen LogP) is 2.07. The lowest BCUT2D eigenvalue weighted by atomic mass is 10.3. The second kappa shape index (κ2) is 7.59. The zero-order valence-corrected chi connectivity index (χ0v) is 10.7. The highest BCUT2D eigenvalue weighted by Crippen LogP contribution is 2.17. The Balaban J connectivity index is 2.26. The van der Waals surface area contributed by atoms with E-state index in [9.17, 15) is 18.0 Å². The van der Waals surface area contributed by atoms with Crippen molar-refractivity contribution in [3.63, 3.8) is 0 Å². The highest BCUT2D eigenvalue weighted by molar-refractivity contribution is 5.76. The molecule has 20 heavy (non-hydrogen) atoms. The molecule has 1 rings (SSSR count). The SMILES string of the molecule is CCOc1ccc(OCC(=O)NOCC(F)(F)F)cc1. The Kier molecular flexibility index (Phi) is 6.10. The van der Waals surface area contributed by atoms with E-state index in [1.807, 2.05) is 6.92 Å². The van der Waals surface area contributed by atoms with Gasteiger partial charge in [-0.1, -0.05) is 0 Å². The Bertz CT molecular complexity index is 420. The van der Waals surface area contributed by atoms with Gasteiger partial charge in [0.25, 0.3) is 5.91 Å². The van der Waals surface area contributed by atoms with Crippen LogP contribution in [0.2, 0.25) is 0 Å². The summed E-state index contributed by atoms with van der Waals surface area (Å²) in [6, 6.07) is 6.46. The fourth-order valence-corrected chi connectivity index (χ4v) is 1.18. The summed E-state index contributed by atoms with van der Waals surface area (Å²) in [5.74, 6) is 0.223. The number of carbonyl (C=O) groups is 1. The van der Waals surface area contributed by atoms with Crippen LogP contribution in [0.1, 0.15) is 6.92 Å². The van der Waals surface area contributed by atoms with Crippen LogP contribution in [0.5, 0.6) is 11.5 Å². The Morgan fingerprint density at radius 3 is 2.20 bits per heavy atom. The number of nitrogens with one attached hydrogen (secondary N) is 1. The van der Waals surface area contributed by atoms with Gasteiger partial charge in [0, 0.05) is 0 Å². The molecule has 1 aromatic rings. The Morgan fingerprint density at radius 2 is 1.70 bits per heavy atom. The molecule has 0 bridgehead atoms. The van der Waals surface area contributed by atoms with Gasteiger partial charge in [0.2, 0.25) is 0 Å². The number of alkyl halides is 3. The van der Waals surface area contributed by atoms with E-state index in [0.717, 1.165) is 0 Å². The minimum absolute atomic E-state index is 0.388. The van der Waals surface area contributed by atoms with Crippen molar-refractivity contribution in [3.8, 4) is 11.5 Å². The smallest absolute Gasteiger partial charge is 0.414 e. The number of benzene rings is 1. The molecule has 8 heteroatoms. The third kappa shape index (κ3) is 6.83. The number of hydrogen-bond donors (Lipinski definition) is 1. The lowest BCUT2D eigenvalue weighted by Gasteiger charge is -2.09. The summed E-state index contributed by atoms with van der Waals surface area (Å²) in [5.41, 5.74) is 1.63. The Hall–Kier alpha value is -1.96. The van der Waals surface area contributed by atoms with Crippen molar-refractivity contribution in [1.82, 2.24) is 5.48 Å². The number of hydrogen-bond acceptors (Lipinski definition) is 4. The number of rotatable bonds is 7. The van der Waals surface area contributed by atoms with Crippen LogP contribution in [0, 0.1) is 0 Å². The molecular formula is C12H14F3NO4. The van der Waals surface area contributed by atoms with E-state index < -0.39 is 25.3 Å². The molecule has 0 aliphatic carbocycles. The minimum atomic E-state index is -4.50. The zero-order valence-electron chi connectivity index (χ0n) is 10.7. The van der Waals surface area contributed by atoms with Crippen molar-refractivity contribution in [2.45, 2.75) is 13.1 Å². The zero-order chi connectivity index (χ0) is 15.0. The summed E-state index contributed by atoms with van der Waals surface area (Å²) < 4.78 is 45.5. The molecule has 0 radical (unpaired) electrons. The monoisotopic (exact) mass is 293 g/mol. The summed E-state index contributed by atoms with van der Waals surface area (Å²) in [6.45, 7) is 0.364. The molecule has 1 amide bonds. The lowest BCUT2D eigenvalue weighted by molar-refractivity contribution is -0.192. The van der Waals surface area contributed by atoms with Gasteiger partial charge >= 0.3 is 6.18 Å². The van der Waals surface area contributed by atoms with Crippen LogP contribution in [0.15, 0.2) is 24.3 Å². The standard InChI is InChI=1S/C12H14F3NO4/c1-2-18-9-3-5-10(6-4-9)19-7-11(17)16-20-8-12(13,14)15/h3-6H,2,7-8H2,1H3,(H,16,17). The highest BCUT2D eigenvalue weighted by atomic mass is 19.4. The molecule has 0 aliphatic heterocycles. The maximum atomic E-state index is 11.7. The molecule has 0 aromatic heterocycles. The van der Waals surface area contributed by atoms with E-state index in [4.69, 9.17) is 9.47 Å². The Morgan fingerprint density at radius 1 is 1.15 bits per heavy atom. The van der Waals surface area contributed by atoms with E-state index in [2.05, 4.69) is 4.84 Å². The number of amides is 1. The predicted molar refractivity (Wildman–Crippen MR) is 63.3 cm³/mol. The normalized spacial score (nSPS) is 11.0. The van der Waals surface area contributed by atoms with Gasteiger partial charge in [-0.3, -0.25) is 9.63 Å². The van der Waals surface area contributed by atoms with Crippen LogP contribution in [0.3, 0.4) is 0 Å².